The highest BCUT2D eigenvalue weighted by Crippen LogP contribution is 2.28. The summed E-state index contributed by atoms with van der Waals surface area (Å²) in [7, 11) is 0. The number of pyridine rings is 1. The molecule has 0 bridgehead atoms. The highest BCUT2D eigenvalue weighted by atomic mass is 32.2. The van der Waals surface area contributed by atoms with E-state index in [9.17, 15) is 19.5 Å². The van der Waals surface area contributed by atoms with Crippen LogP contribution in [0.5, 0.6) is 0 Å². The average molecular weight is 549 g/mol. The normalized spacial score (nSPS) is 17.2. The van der Waals surface area contributed by atoms with Crippen LogP contribution in [-0.2, 0) is 17.8 Å². The van der Waals surface area contributed by atoms with E-state index in [1.807, 2.05) is 6.92 Å². The Morgan fingerprint density at radius 3 is 2.74 bits per heavy atom. The fraction of sp³-hybridized carbons (Fsp3) is 0.346. The zero-order chi connectivity index (χ0) is 27.4. The van der Waals surface area contributed by atoms with Gasteiger partial charge < -0.3 is 15.3 Å². The zero-order valence-electron chi connectivity index (χ0n) is 21.3. The number of rotatable bonds is 9. The molecular weight excluding hydrogens is 520 g/mol. The van der Waals surface area contributed by atoms with Crippen LogP contribution in [-0.4, -0.2) is 67.0 Å². The number of piperidine rings is 1. The summed E-state index contributed by atoms with van der Waals surface area (Å²) in [5, 5.41) is 21.9. The molecule has 0 aliphatic carbocycles. The van der Waals surface area contributed by atoms with Crippen molar-refractivity contribution in [3.8, 4) is 11.3 Å². The minimum absolute atomic E-state index is 0.225. The van der Waals surface area contributed by atoms with Crippen molar-refractivity contribution in [1.82, 2.24) is 35.8 Å². The molecular formula is C26H28N8O4S. The van der Waals surface area contributed by atoms with Gasteiger partial charge in [-0.15, -0.1) is 0 Å². The fourth-order valence-corrected chi connectivity index (χ4v) is 5.54. The Morgan fingerprint density at radius 2 is 2.08 bits per heavy atom. The van der Waals surface area contributed by atoms with E-state index in [0.717, 1.165) is 55.4 Å². The third-order valence-corrected chi connectivity index (χ3v) is 7.66. The van der Waals surface area contributed by atoms with Gasteiger partial charge in [-0.2, -0.15) is 5.10 Å². The van der Waals surface area contributed by atoms with Crippen LogP contribution in [0, 0.1) is 5.92 Å². The molecule has 5 rings (SSSR count). The molecule has 4 N–H and O–H groups in total. The molecule has 39 heavy (non-hydrogen) atoms. The minimum atomic E-state index is -0.994. The van der Waals surface area contributed by atoms with Crippen molar-refractivity contribution < 1.29 is 19.5 Å². The number of hydrogen-bond donors (Lipinski definition) is 4. The number of H-pyrrole nitrogens is 1. The molecule has 2 aliphatic heterocycles. The maximum absolute atomic E-state index is 12.1. The van der Waals surface area contributed by atoms with E-state index < -0.39 is 11.9 Å². The van der Waals surface area contributed by atoms with E-state index in [0.29, 0.717) is 46.7 Å². The number of anilines is 1. The Bertz CT molecular complexity index is 1420. The molecule has 5 heterocycles. The second kappa shape index (κ2) is 11.7. The number of thioether (sulfide) groups is 1. The van der Waals surface area contributed by atoms with Crippen molar-refractivity contribution in [2.24, 2.45) is 5.92 Å². The number of aromatic carboxylic acids is 1. The van der Waals surface area contributed by atoms with Gasteiger partial charge in [-0.05, 0) is 66.8 Å². The van der Waals surface area contributed by atoms with Crippen LogP contribution in [0.1, 0.15) is 46.9 Å². The lowest BCUT2D eigenvalue weighted by Crippen LogP contribution is -2.38. The van der Waals surface area contributed by atoms with Crippen LogP contribution in [0.15, 0.2) is 35.8 Å². The number of imide groups is 1. The van der Waals surface area contributed by atoms with Crippen molar-refractivity contribution in [2.45, 2.75) is 32.7 Å². The molecule has 2 fully saturated rings. The van der Waals surface area contributed by atoms with Gasteiger partial charge in [0.2, 0.25) is 5.95 Å². The third kappa shape index (κ3) is 5.99. The molecule has 0 radical (unpaired) electrons. The Labute approximate surface area is 228 Å². The lowest BCUT2D eigenvalue weighted by Gasteiger charge is -2.32. The van der Waals surface area contributed by atoms with Gasteiger partial charge in [0.1, 0.15) is 0 Å². The topological polar surface area (TPSA) is 166 Å². The van der Waals surface area contributed by atoms with E-state index in [1.54, 1.807) is 36.9 Å². The van der Waals surface area contributed by atoms with Crippen LogP contribution < -0.4 is 15.5 Å². The van der Waals surface area contributed by atoms with Crippen LogP contribution in [0.3, 0.4) is 0 Å². The van der Waals surface area contributed by atoms with Gasteiger partial charge in [0.15, 0.2) is 0 Å². The lowest BCUT2D eigenvalue weighted by molar-refractivity contribution is -0.115. The number of nitrogens with one attached hydrogen (secondary N) is 3. The number of amides is 2. The van der Waals surface area contributed by atoms with Gasteiger partial charge >= 0.3 is 5.97 Å². The Morgan fingerprint density at radius 1 is 1.26 bits per heavy atom. The number of hydrogen-bond acceptors (Lipinski definition) is 10. The summed E-state index contributed by atoms with van der Waals surface area (Å²) in [6, 6.07) is 1.71. The molecule has 2 aliphatic rings. The first-order valence-electron chi connectivity index (χ1n) is 12.7. The maximum atomic E-state index is 12.1. The number of carboxylic acid groups (broad SMARTS) is 1. The Balaban J connectivity index is 1.17. The van der Waals surface area contributed by atoms with E-state index in [2.05, 4.69) is 40.7 Å². The zero-order valence-corrected chi connectivity index (χ0v) is 22.1. The monoisotopic (exact) mass is 548 g/mol. The molecule has 0 saturated carbocycles. The lowest BCUT2D eigenvalue weighted by atomic mass is 9.95. The molecule has 0 aromatic carbocycles. The molecule has 3 aromatic rings. The number of carboxylic acids is 1. The van der Waals surface area contributed by atoms with E-state index in [1.165, 1.54) is 0 Å². The van der Waals surface area contributed by atoms with E-state index >= 15 is 0 Å². The van der Waals surface area contributed by atoms with Gasteiger partial charge in [-0.25, -0.2) is 14.8 Å². The number of carbonyl (C=O) groups excluding carboxylic acids is 2. The van der Waals surface area contributed by atoms with Crippen LogP contribution in [0.2, 0.25) is 0 Å². The Hall–Kier alpha value is -4.10. The highest BCUT2D eigenvalue weighted by Gasteiger charge is 2.26. The fourth-order valence-electron chi connectivity index (χ4n) is 4.87. The van der Waals surface area contributed by atoms with Gasteiger partial charge in [0.25, 0.3) is 11.1 Å². The van der Waals surface area contributed by atoms with E-state index in [-0.39, 0.29) is 10.8 Å². The standard InChI is InChI=1S/C26H28N8O4S/c1-2-19-16(12-29-22(21(19)24(36)37)17-13-30-31-14-17)11-27-10-15-4-7-34(8-5-15)25-28-6-3-18(32-25)9-20-23(35)33-26(38)39-20/h3,6,9,12-15,27H,2,4-5,7-8,10-11H2,1H3,(H,30,31)(H,36,37)(H,33,35,38). The molecule has 202 valence electrons. The van der Waals surface area contributed by atoms with Crippen molar-refractivity contribution >= 4 is 40.9 Å². The maximum Gasteiger partial charge on any atom is 0.338 e. The second-order valence-corrected chi connectivity index (χ2v) is 10.3. The molecule has 3 aromatic heterocycles. The summed E-state index contributed by atoms with van der Waals surface area (Å²) in [5.74, 6) is -0.346. The van der Waals surface area contributed by atoms with Crippen molar-refractivity contribution in [2.75, 3.05) is 24.5 Å². The molecule has 12 nitrogen and oxygen atoms in total. The summed E-state index contributed by atoms with van der Waals surface area (Å²) in [6.07, 6.45) is 10.7. The molecule has 0 spiro atoms. The first-order valence-corrected chi connectivity index (χ1v) is 13.5. The molecule has 0 atom stereocenters. The Kier molecular flexibility index (Phi) is 7.98. The summed E-state index contributed by atoms with van der Waals surface area (Å²) < 4.78 is 0. The first-order chi connectivity index (χ1) is 18.9. The molecule has 13 heteroatoms. The summed E-state index contributed by atoms with van der Waals surface area (Å²) in [5.41, 5.74) is 3.54. The highest BCUT2D eigenvalue weighted by molar-refractivity contribution is 8.18. The predicted molar refractivity (Wildman–Crippen MR) is 146 cm³/mol. The summed E-state index contributed by atoms with van der Waals surface area (Å²) >= 11 is 0.864. The van der Waals surface area contributed by atoms with Crippen LogP contribution >= 0.6 is 11.8 Å². The largest absolute Gasteiger partial charge is 0.478 e. The molecule has 2 saturated heterocycles. The minimum Gasteiger partial charge on any atom is -0.478 e. The summed E-state index contributed by atoms with van der Waals surface area (Å²) in [6.45, 7) is 4.88. The number of nitrogens with zero attached hydrogens (tertiary/aromatic N) is 5. The van der Waals surface area contributed by atoms with Crippen molar-refractivity contribution in [3.63, 3.8) is 0 Å². The number of carbonyl (C=O) groups is 3. The van der Waals surface area contributed by atoms with Crippen molar-refractivity contribution in [3.05, 3.63) is 58.1 Å². The smallest absolute Gasteiger partial charge is 0.338 e. The van der Waals surface area contributed by atoms with Crippen LogP contribution in [0.4, 0.5) is 10.7 Å². The average Bonchev–Trinajstić information content (AvgIpc) is 3.58. The first kappa shape index (κ1) is 26.5. The molecule has 2 amide bonds. The predicted octanol–water partition coefficient (Wildman–Crippen LogP) is 2.85. The molecule has 0 unspecified atom stereocenters. The number of aromatic amines is 1. The van der Waals surface area contributed by atoms with Crippen LogP contribution in [0.25, 0.3) is 17.3 Å². The van der Waals surface area contributed by atoms with Gasteiger partial charge in [0.05, 0.1) is 28.1 Å². The number of aromatic nitrogens is 5. The van der Waals surface area contributed by atoms with E-state index in [4.69, 9.17) is 0 Å². The second-order valence-electron chi connectivity index (χ2n) is 9.33. The van der Waals surface area contributed by atoms with Gasteiger partial charge in [0, 0.05) is 43.8 Å². The van der Waals surface area contributed by atoms with Crippen molar-refractivity contribution in [1.29, 1.82) is 0 Å². The SMILES string of the molecule is CCc1c(CNCC2CCN(c3nccc(C=C4SC(=O)NC4=O)n3)CC2)cnc(-c2cn[nH]c2)c1C(=O)O. The summed E-state index contributed by atoms with van der Waals surface area (Å²) in [4.78, 5) is 51.2. The van der Waals surface area contributed by atoms with Gasteiger partial charge in [-0.1, -0.05) is 6.92 Å². The quantitative estimate of drug-likeness (QED) is 0.290. The third-order valence-electron chi connectivity index (χ3n) is 6.85. The van der Waals surface area contributed by atoms with Gasteiger partial charge in [-0.3, -0.25) is 25.0 Å².